The number of ether oxygens (including phenoxy) is 1. The number of rotatable bonds is 6. The van der Waals surface area contributed by atoms with Crippen LogP contribution < -0.4 is 4.90 Å². The number of likely N-dealkylation sites (tertiary alicyclic amines) is 1. The zero-order valence-electron chi connectivity index (χ0n) is 18.2. The number of hydrogen-bond acceptors (Lipinski definition) is 5. The summed E-state index contributed by atoms with van der Waals surface area (Å²) in [5, 5.41) is 11.0. The van der Waals surface area contributed by atoms with Gasteiger partial charge in [-0.15, -0.1) is 12.4 Å². The highest BCUT2D eigenvalue weighted by Crippen LogP contribution is 2.32. The van der Waals surface area contributed by atoms with Crippen LogP contribution in [-0.2, 0) is 4.74 Å². The van der Waals surface area contributed by atoms with Crippen molar-refractivity contribution in [1.29, 1.82) is 0 Å². The summed E-state index contributed by atoms with van der Waals surface area (Å²) in [4.78, 5) is 17.3. The number of hydrogen-bond donors (Lipinski definition) is 1. The number of aliphatic hydroxyl groups is 1. The second-order valence-corrected chi connectivity index (χ2v) is 8.59. The smallest absolute Gasteiger partial charge is 0.165 e. The number of ketones is 1. The van der Waals surface area contributed by atoms with Gasteiger partial charge in [0.1, 0.15) is 0 Å². The van der Waals surface area contributed by atoms with Crippen LogP contribution in [0.2, 0.25) is 0 Å². The molecule has 0 amide bonds. The van der Waals surface area contributed by atoms with Gasteiger partial charge >= 0.3 is 0 Å². The highest BCUT2D eigenvalue weighted by atomic mass is 35.5. The lowest BCUT2D eigenvalue weighted by Gasteiger charge is -2.40. The number of carbonyl (C=O) groups is 1. The molecular formula is C25H33ClN2O3. The van der Waals surface area contributed by atoms with Gasteiger partial charge in [0.25, 0.3) is 0 Å². The fraction of sp³-hybridized carbons (Fsp3) is 0.480. The molecule has 168 valence electrons. The molecule has 0 bridgehead atoms. The molecule has 2 fully saturated rings. The van der Waals surface area contributed by atoms with Crippen LogP contribution in [0.25, 0.3) is 0 Å². The number of morpholine rings is 1. The molecule has 5 nitrogen and oxygen atoms in total. The number of Topliss-reactive ketones (excluding diaryl/α,β-unsaturated/α-hetero) is 1. The van der Waals surface area contributed by atoms with Crippen LogP contribution in [-0.4, -0.2) is 60.8 Å². The van der Waals surface area contributed by atoms with Crippen molar-refractivity contribution in [2.24, 2.45) is 0 Å². The molecule has 31 heavy (non-hydrogen) atoms. The maximum absolute atomic E-state index is 12.5. The van der Waals surface area contributed by atoms with E-state index in [1.54, 1.807) is 0 Å². The number of benzene rings is 2. The van der Waals surface area contributed by atoms with Crippen LogP contribution in [0.4, 0.5) is 5.69 Å². The molecule has 0 saturated carbocycles. The van der Waals surface area contributed by atoms with Crippen molar-refractivity contribution in [1.82, 2.24) is 4.90 Å². The molecule has 4 rings (SSSR count). The molecule has 2 aliphatic heterocycles. The lowest BCUT2D eigenvalue weighted by atomic mass is 9.84. The van der Waals surface area contributed by atoms with Gasteiger partial charge in [0.05, 0.1) is 18.8 Å². The maximum atomic E-state index is 12.5. The molecule has 1 unspecified atom stereocenters. The summed E-state index contributed by atoms with van der Waals surface area (Å²) in [7, 11) is 0. The van der Waals surface area contributed by atoms with Crippen LogP contribution in [0.15, 0.2) is 54.6 Å². The second-order valence-electron chi connectivity index (χ2n) is 8.59. The third-order valence-corrected chi connectivity index (χ3v) is 6.61. The minimum absolute atomic E-state index is 0. The molecule has 0 aliphatic carbocycles. The van der Waals surface area contributed by atoms with E-state index in [-0.39, 0.29) is 30.7 Å². The van der Waals surface area contributed by atoms with E-state index in [0.29, 0.717) is 18.4 Å². The SMILES string of the molecule is CC(c1ccc(N2CCOCC2)cc1)N1CCC(O)(CC(=O)c2ccccc2)CC1.Cl. The average molecular weight is 445 g/mol. The molecule has 2 aromatic carbocycles. The van der Waals surface area contributed by atoms with Crippen LogP contribution in [0.3, 0.4) is 0 Å². The van der Waals surface area contributed by atoms with Gasteiger partial charge in [-0.25, -0.2) is 0 Å². The minimum atomic E-state index is -0.899. The van der Waals surface area contributed by atoms with Gasteiger partial charge in [0, 0.05) is 49.9 Å². The van der Waals surface area contributed by atoms with E-state index < -0.39 is 5.60 Å². The van der Waals surface area contributed by atoms with Crippen molar-refractivity contribution in [2.75, 3.05) is 44.3 Å². The summed E-state index contributed by atoms with van der Waals surface area (Å²) in [5.74, 6) is 0.0262. The van der Waals surface area contributed by atoms with E-state index in [1.807, 2.05) is 30.3 Å². The summed E-state index contributed by atoms with van der Waals surface area (Å²) >= 11 is 0. The molecule has 0 radical (unpaired) electrons. The largest absolute Gasteiger partial charge is 0.389 e. The van der Waals surface area contributed by atoms with Gasteiger partial charge in [-0.3, -0.25) is 9.69 Å². The quantitative estimate of drug-likeness (QED) is 0.679. The second kappa shape index (κ2) is 10.6. The number of piperidine rings is 1. The van der Waals surface area contributed by atoms with Gasteiger partial charge < -0.3 is 14.7 Å². The standard InChI is InChI=1S/C25H32N2O3.ClH/c1-20(21-7-9-23(10-8-21)27-15-17-30-18-16-27)26-13-11-25(29,12-14-26)19-24(28)22-5-3-2-4-6-22;/h2-10,20,29H,11-19H2,1H3;1H. The number of carbonyl (C=O) groups excluding carboxylic acids is 1. The monoisotopic (exact) mass is 444 g/mol. The fourth-order valence-electron chi connectivity index (χ4n) is 4.53. The van der Waals surface area contributed by atoms with Gasteiger partial charge in [-0.2, -0.15) is 0 Å². The summed E-state index contributed by atoms with van der Waals surface area (Å²) < 4.78 is 5.44. The molecule has 2 heterocycles. The normalized spacial score (nSPS) is 20.0. The van der Waals surface area contributed by atoms with Crippen molar-refractivity contribution in [2.45, 2.75) is 37.8 Å². The molecule has 1 atom stereocenters. The Morgan fingerprint density at radius 2 is 1.61 bits per heavy atom. The van der Waals surface area contributed by atoms with E-state index in [0.717, 1.165) is 39.4 Å². The molecule has 2 aromatic rings. The van der Waals surface area contributed by atoms with Crippen molar-refractivity contribution < 1.29 is 14.6 Å². The fourth-order valence-corrected chi connectivity index (χ4v) is 4.53. The van der Waals surface area contributed by atoms with Crippen LogP contribution in [0, 0.1) is 0 Å². The number of nitrogens with zero attached hydrogens (tertiary/aromatic N) is 2. The Bertz CT molecular complexity index is 830. The Hall–Kier alpha value is -1.92. The number of anilines is 1. The molecule has 1 N–H and O–H groups in total. The van der Waals surface area contributed by atoms with E-state index in [1.165, 1.54) is 11.3 Å². The maximum Gasteiger partial charge on any atom is 0.165 e. The highest BCUT2D eigenvalue weighted by molar-refractivity contribution is 5.96. The molecule has 0 aromatic heterocycles. The lowest BCUT2D eigenvalue weighted by Crippen LogP contribution is -2.46. The highest BCUT2D eigenvalue weighted by Gasteiger charge is 2.36. The first-order valence-electron chi connectivity index (χ1n) is 11.0. The van der Waals surface area contributed by atoms with Gasteiger partial charge in [-0.1, -0.05) is 42.5 Å². The van der Waals surface area contributed by atoms with Crippen molar-refractivity contribution in [3.05, 3.63) is 65.7 Å². The van der Waals surface area contributed by atoms with Crippen molar-refractivity contribution >= 4 is 23.9 Å². The zero-order valence-corrected chi connectivity index (χ0v) is 19.0. The third-order valence-electron chi connectivity index (χ3n) is 6.61. The van der Waals surface area contributed by atoms with Gasteiger partial charge in [0.2, 0.25) is 0 Å². The van der Waals surface area contributed by atoms with E-state index >= 15 is 0 Å². The Kier molecular flexibility index (Phi) is 8.11. The van der Waals surface area contributed by atoms with Crippen LogP contribution in [0.5, 0.6) is 0 Å². The molecule has 2 saturated heterocycles. The molecule has 2 aliphatic rings. The third kappa shape index (κ3) is 5.86. The first-order chi connectivity index (χ1) is 14.5. The lowest BCUT2D eigenvalue weighted by molar-refractivity contribution is -0.0303. The summed E-state index contributed by atoms with van der Waals surface area (Å²) in [5.41, 5.74) is 2.32. The van der Waals surface area contributed by atoms with Crippen LogP contribution >= 0.6 is 12.4 Å². The Labute approximate surface area is 191 Å². The van der Waals surface area contributed by atoms with E-state index in [4.69, 9.17) is 4.74 Å². The zero-order chi connectivity index (χ0) is 21.0. The van der Waals surface area contributed by atoms with E-state index in [2.05, 4.69) is 41.0 Å². The molecule has 6 heteroatoms. The van der Waals surface area contributed by atoms with E-state index in [9.17, 15) is 9.90 Å². The van der Waals surface area contributed by atoms with Crippen LogP contribution in [0.1, 0.15) is 48.1 Å². The summed E-state index contributed by atoms with van der Waals surface area (Å²) in [6.45, 7) is 7.30. The first-order valence-corrected chi connectivity index (χ1v) is 11.0. The first kappa shape index (κ1) is 23.7. The topological polar surface area (TPSA) is 53.0 Å². The minimum Gasteiger partial charge on any atom is -0.389 e. The van der Waals surface area contributed by atoms with Gasteiger partial charge in [-0.05, 0) is 37.5 Å². The average Bonchev–Trinajstić information content (AvgIpc) is 2.80. The Morgan fingerprint density at radius 3 is 2.23 bits per heavy atom. The Balaban J connectivity index is 0.00000272. The summed E-state index contributed by atoms with van der Waals surface area (Å²) in [6, 6.07) is 18.4. The predicted molar refractivity (Wildman–Crippen MR) is 126 cm³/mol. The van der Waals surface area contributed by atoms with Gasteiger partial charge in [0.15, 0.2) is 5.78 Å². The van der Waals surface area contributed by atoms with Crippen molar-refractivity contribution in [3.8, 4) is 0 Å². The molecular weight excluding hydrogens is 412 g/mol. The predicted octanol–water partition coefficient (Wildman–Crippen LogP) is 4.11. The molecule has 0 spiro atoms. The van der Waals surface area contributed by atoms with Crippen molar-refractivity contribution in [3.63, 3.8) is 0 Å². The Morgan fingerprint density at radius 1 is 1.00 bits per heavy atom. The number of halogens is 1. The summed E-state index contributed by atoms with van der Waals surface area (Å²) in [6.07, 6.45) is 1.46.